The smallest absolute Gasteiger partial charge is 0.152 e. The molecule has 0 unspecified atom stereocenters. The molecular weight excluding hydrogens is 548 g/mol. The molecule has 3 heteroatoms. The van der Waals surface area contributed by atoms with Crippen LogP contribution < -0.4 is 9.64 Å². The average Bonchev–Trinajstić information content (AvgIpc) is 3.45. The molecule has 7 aromatic carbocycles. The number of nitrogens with zero attached hydrogens (tertiary/aromatic N) is 2. The topological polar surface area (TPSA) is 17.4 Å². The summed E-state index contributed by atoms with van der Waals surface area (Å²) in [6.45, 7) is 0. The van der Waals surface area contributed by atoms with Crippen molar-refractivity contribution in [3.8, 4) is 39.4 Å². The maximum absolute atomic E-state index is 6.36. The predicted octanol–water partition coefficient (Wildman–Crippen LogP) is 11.7. The Morgan fingerprint density at radius 2 is 0.933 bits per heavy atom. The van der Waals surface area contributed by atoms with Gasteiger partial charge in [0.2, 0.25) is 0 Å². The first-order chi connectivity index (χ1) is 22.3. The standard InChI is InChI=1S/C42H28N2O/c1-3-10-29(11-4-1)31-18-22-33(23-19-31)43(34-24-20-32(21-25-34)30-12-5-2-6-13-30)35-26-27-38-37(28-35)36-14-9-17-41-42(36)44(38)39-15-7-8-16-40(39)45-41/h1-28H. The van der Waals surface area contributed by atoms with Gasteiger partial charge in [-0.05, 0) is 82.9 Å². The number of para-hydroxylation sites is 3. The van der Waals surface area contributed by atoms with Gasteiger partial charge in [-0.1, -0.05) is 109 Å². The third kappa shape index (κ3) is 4.21. The molecule has 9 rings (SSSR count). The van der Waals surface area contributed by atoms with E-state index in [2.05, 4.69) is 167 Å². The first-order valence-electron chi connectivity index (χ1n) is 15.3. The quantitative estimate of drug-likeness (QED) is 0.203. The van der Waals surface area contributed by atoms with E-state index in [1.54, 1.807) is 0 Å². The highest BCUT2D eigenvalue weighted by atomic mass is 16.5. The Kier molecular flexibility index (Phi) is 5.82. The van der Waals surface area contributed by atoms with E-state index in [9.17, 15) is 0 Å². The summed E-state index contributed by atoms with van der Waals surface area (Å²) in [5.74, 6) is 1.76. The molecular formula is C42H28N2O. The van der Waals surface area contributed by atoms with Crippen molar-refractivity contribution in [2.24, 2.45) is 0 Å². The number of hydrogen-bond donors (Lipinski definition) is 0. The second-order valence-electron chi connectivity index (χ2n) is 11.4. The zero-order valence-electron chi connectivity index (χ0n) is 24.5. The van der Waals surface area contributed by atoms with Gasteiger partial charge in [-0.25, -0.2) is 0 Å². The highest BCUT2D eigenvalue weighted by Gasteiger charge is 2.24. The molecule has 0 aliphatic carbocycles. The number of rotatable bonds is 5. The van der Waals surface area contributed by atoms with Gasteiger partial charge >= 0.3 is 0 Å². The molecule has 212 valence electrons. The molecule has 0 saturated carbocycles. The number of fused-ring (bicyclic) bond motifs is 5. The van der Waals surface area contributed by atoms with Gasteiger partial charge in [-0.3, -0.25) is 0 Å². The predicted molar refractivity (Wildman–Crippen MR) is 186 cm³/mol. The fraction of sp³-hybridized carbons (Fsp3) is 0. The Morgan fingerprint density at radius 3 is 1.58 bits per heavy atom. The zero-order valence-corrected chi connectivity index (χ0v) is 24.5. The maximum Gasteiger partial charge on any atom is 0.152 e. The molecule has 0 radical (unpaired) electrons. The molecule has 0 N–H and O–H groups in total. The molecule has 8 aromatic rings. The van der Waals surface area contributed by atoms with Gasteiger partial charge < -0.3 is 14.2 Å². The van der Waals surface area contributed by atoms with Gasteiger partial charge in [0.15, 0.2) is 11.5 Å². The number of ether oxygens (including phenoxy) is 1. The van der Waals surface area contributed by atoms with Crippen LogP contribution in [0.4, 0.5) is 17.1 Å². The van der Waals surface area contributed by atoms with Crippen molar-refractivity contribution in [1.29, 1.82) is 0 Å². The van der Waals surface area contributed by atoms with Gasteiger partial charge in [-0.2, -0.15) is 0 Å². The van der Waals surface area contributed by atoms with E-state index < -0.39 is 0 Å². The first kappa shape index (κ1) is 25.4. The normalized spacial score (nSPS) is 11.7. The van der Waals surface area contributed by atoms with Crippen LogP contribution in [0.1, 0.15) is 0 Å². The van der Waals surface area contributed by atoms with Crippen LogP contribution in [-0.2, 0) is 0 Å². The SMILES string of the molecule is c1ccc(-c2ccc(N(c3ccc(-c4ccccc4)cc3)c3ccc4c(c3)c3cccc5c3n4-c3ccccc3O5)cc2)cc1. The number of hydrogen-bond acceptors (Lipinski definition) is 2. The van der Waals surface area contributed by atoms with Crippen molar-refractivity contribution < 1.29 is 4.74 Å². The third-order valence-corrected chi connectivity index (χ3v) is 8.78. The molecule has 0 atom stereocenters. The molecule has 1 aliphatic heterocycles. The van der Waals surface area contributed by atoms with Gasteiger partial charge in [0, 0.05) is 27.8 Å². The maximum atomic E-state index is 6.36. The molecule has 1 aromatic heterocycles. The van der Waals surface area contributed by atoms with Crippen LogP contribution in [0, 0.1) is 0 Å². The molecule has 2 heterocycles. The van der Waals surface area contributed by atoms with E-state index >= 15 is 0 Å². The lowest BCUT2D eigenvalue weighted by atomic mass is 10.0. The first-order valence-corrected chi connectivity index (χ1v) is 15.3. The van der Waals surface area contributed by atoms with Crippen LogP contribution in [0.5, 0.6) is 11.5 Å². The van der Waals surface area contributed by atoms with E-state index in [0.717, 1.165) is 45.3 Å². The number of anilines is 3. The van der Waals surface area contributed by atoms with Crippen molar-refractivity contribution in [3.05, 3.63) is 170 Å². The van der Waals surface area contributed by atoms with Gasteiger partial charge in [0.05, 0.1) is 16.7 Å². The van der Waals surface area contributed by atoms with E-state index in [1.807, 2.05) is 12.1 Å². The summed E-state index contributed by atoms with van der Waals surface area (Å²) in [5.41, 5.74) is 11.4. The van der Waals surface area contributed by atoms with E-state index in [-0.39, 0.29) is 0 Å². The summed E-state index contributed by atoms with van der Waals surface area (Å²) >= 11 is 0. The molecule has 1 aliphatic rings. The molecule has 0 bridgehead atoms. The minimum Gasteiger partial charge on any atom is -0.453 e. The molecule has 0 amide bonds. The summed E-state index contributed by atoms with van der Waals surface area (Å²) in [6, 6.07) is 60.2. The molecule has 0 saturated heterocycles. The lowest BCUT2D eigenvalue weighted by molar-refractivity contribution is 0.476. The van der Waals surface area contributed by atoms with Crippen LogP contribution in [0.2, 0.25) is 0 Å². The largest absolute Gasteiger partial charge is 0.453 e. The van der Waals surface area contributed by atoms with Crippen molar-refractivity contribution in [1.82, 2.24) is 4.57 Å². The lowest BCUT2D eigenvalue weighted by Crippen LogP contribution is -2.10. The Balaban J connectivity index is 1.22. The molecule has 3 nitrogen and oxygen atoms in total. The van der Waals surface area contributed by atoms with Gasteiger partial charge in [-0.15, -0.1) is 0 Å². The Hall–Kier alpha value is -6.06. The van der Waals surface area contributed by atoms with E-state index in [4.69, 9.17) is 4.74 Å². The number of aromatic nitrogens is 1. The summed E-state index contributed by atoms with van der Waals surface area (Å²) in [5, 5.41) is 2.37. The van der Waals surface area contributed by atoms with E-state index in [0.29, 0.717) is 0 Å². The monoisotopic (exact) mass is 576 g/mol. The Labute approximate surface area is 261 Å². The minimum atomic E-state index is 0.873. The van der Waals surface area contributed by atoms with Crippen LogP contribution in [0.3, 0.4) is 0 Å². The van der Waals surface area contributed by atoms with Gasteiger partial charge in [0.1, 0.15) is 0 Å². The summed E-state index contributed by atoms with van der Waals surface area (Å²) < 4.78 is 8.70. The fourth-order valence-electron chi connectivity index (χ4n) is 6.66. The Bertz CT molecular complexity index is 2240. The molecule has 0 fully saturated rings. The van der Waals surface area contributed by atoms with Crippen molar-refractivity contribution in [2.75, 3.05) is 4.90 Å². The zero-order chi connectivity index (χ0) is 29.7. The van der Waals surface area contributed by atoms with E-state index in [1.165, 1.54) is 33.0 Å². The van der Waals surface area contributed by atoms with Gasteiger partial charge in [0.25, 0.3) is 0 Å². The van der Waals surface area contributed by atoms with Crippen molar-refractivity contribution in [2.45, 2.75) is 0 Å². The second-order valence-corrected chi connectivity index (χ2v) is 11.4. The van der Waals surface area contributed by atoms with Crippen LogP contribution in [0.25, 0.3) is 49.7 Å². The molecule has 0 spiro atoms. The number of benzene rings is 7. The Morgan fingerprint density at radius 1 is 0.400 bits per heavy atom. The van der Waals surface area contributed by atoms with Crippen molar-refractivity contribution >= 4 is 38.9 Å². The summed E-state index contributed by atoms with van der Waals surface area (Å²) in [7, 11) is 0. The second kappa shape index (κ2) is 10.3. The highest BCUT2D eigenvalue weighted by Crippen LogP contribution is 2.47. The summed E-state index contributed by atoms with van der Waals surface area (Å²) in [6.07, 6.45) is 0. The van der Waals surface area contributed by atoms with Crippen LogP contribution >= 0.6 is 0 Å². The highest BCUT2D eigenvalue weighted by molar-refractivity contribution is 6.13. The lowest BCUT2D eigenvalue weighted by Gasteiger charge is -2.26. The van der Waals surface area contributed by atoms with Crippen LogP contribution in [0.15, 0.2) is 170 Å². The van der Waals surface area contributed by atoms with Crippen molar-refractivity contribution in [3.63, 3.8) is 0 Å². The van der Waals surface area contributed by atoms with Crippen LogP contribution in [-0.4, -0.2) is 4.57 Å². The third-order valence-electron chi connectivity index (χ3n) is 8.78. The summed E-state index contributed by atoms with van der Waals surface area (Å²) in [4.78, 5) is 2.35. The minimum absolute atomic E-state index is 0.873. The average molecular weight is 577 g/mol. The molecule has 45 heavy (non-hydrogen) atoms. The fourth-order valence-corrected chi connectivity index (χ4v) is 6.66.